The zero-order chi connectivity index (χ0) is 21.8. The summed E-state index contributed by atoms with van der Waals surface area (Å²) >= 11 is 0. The predicted molar refractivity (Wildman–Crippen MR) is 134 cm³/mol. The van der Waals surface area contributed by atoms with E-state index in [2.05, 4.69) is 38.1 Å². The highest BCUT2D eigenvalue weighted by atomic mass is 16.5. The average Bonchev–Trinajstić information content (AvgIpc) is 2.78. The molecule has 0 aromatic heterocycles. The van der Waals surface area contributed by atoms with E-state index in [1.165, 1.54) is 11.1 Å². The molecule has 0 fully saturated rings. The van der Waals surface area contributed by atoms with E-state index in [4.69, 9.17) is 20.9 Å². The van der Waals surface area contributed by atoms with E-state index in [-0.39, 0.29) is 12.8 Å². The maximum absolute atomic E-state index is 5.91. The molecule has 0 aliphatic rings. The van der Waals surface area contributed by atoms with E-state index in [9.17, 15) is 0 Å². The molecule has 0 atom stereocenters. The molecule has 4 N–H and O–H groups in total. The third-order valence-electron chi connectivity index (χ3n) is 5.38. The molecule has 4 aromatic rings. The molecule has 164 valence electrons. The molecule has 4 nitrogen and oxygen atoms in total. The van der Waals surface area contributed by atoms with Gasteiger partial charge in [0, 0.05) is 16.8 Å². The van der Waals surface area contributed by atoms with E-state index in [0.717, 1.165) is 23.0 Å². The molecule has 4 aromatic carbocycles. The highest BCUT2D eigenvalue weighted by molar-refractivity contribution is 5.46. The highest BCUT2D eigenvalue weighted by Gasteiger charge is 2.23. The lowest BCUT2D eigenvalue weighted by Crippen LogP contribution is -2.18. The lowest BCUT2D eigenvalue weighted by molar-refractivity contribution is 0.481. The van der Waals surface area contributed by atoms with Crippen LogP contribution in [0.2, 0.25) is 0 Å². The Balaban J connectivity index is 0.00000289. The Bertz CT molecular complexity index is 1040. The first-order valence-electron chi connectivity index (χ1n) is 10.2. The van der Waals surface area contributed by atoms with Gasteiger partial charge in [0.15, 0.2) is 0 Å². The molecule has 4 heteroatoms. The van der Waals surface area contributed by atoms with Gasteiger partial charge in [-0.3, -0.25) is 0 Å². The molecule has 4 rings (SSSR count). The van der Waals surface area contributed by atoms with E-state index < -0.39 is 0 Å². The summed E-state index contributed by atoms with van der Waals surface area (Å²) in [4.78, 5) is 0. The first kappa shape index (κ1) is 22.8. The van der Waals surface area contributed by atoms with Crippen molar-refractivity contribution < 1.29 is 9.47 Å². The van der Waals surface area contributed by atoms with Crippen molar-refractivity contribution in [2.45, 2.75) is 26.7 Å². The Morgan fingerprint density at radius 3 is 1.00 bits per heavy atom. The minimum Gasteiger partial charge on any atom is -0.457 e. The van der Waals surface area contributed by atoms with Crippen molar-refractivity contribution in [3.05, 3.63) is 108 Å². The molecule has 0 unspecified atom stereocenters. The fraction of sp³-hybridized carbons (Fsp3) is 0.143. The summed E-state index contributed by atoms with van der Waals surface area (Å²) in [6, 6.07) is 31.1. The maximum Gasteiger partial charge on any atom is 0.127 e. The zero-order valence-corrected chi connectivity index (χ0v) is 17.7. The van der Waals surface area contributed by atoms with E-state index in [1.807, 2.05) is 72.8 Å². The molecule has 0 aliphatic carbocycles. The van der Waals surface area contributed by atoms with E-state index >= 15 is 0 Å². The smallest absolute Gasteiger partial charge is 0.127 e. The summed E-state index contributed by atoms with van der Waals surface area (Å²) in [5.41, 5.74) is 15.1. The first-order valence-corrected chi connectivity index (χ1v) is 10.2. The number of ether oxygens (including phenoxy) is 2. The zero-order valence-electron chi connectivity index (χ0n) is 17.7. The van der Waals surface area contributed by atoms with Crippen LogP contribution in [-0.2, 0) is 5.41 Å². The summed E-state index contributed by atoms with van der Waals surface area (Å²) in [6.45, 7) is 4.41. The van der Waals surface area contributed by atoms with Gasteiger partial charge in [-0.2, -0.15) is 0 Å². The van der Waals surface area contributed by atoms with Crippen molar-refractivity contribution in [2.75, 3.05) is 11.5 Å². The Hall–Kier alpha value is -3.92. The number of rotatable bonds is 6. The number of hydrogen-bond acceptors (Lipinski definition) is 4. The number of anilines is 2. The molecule has 0 heterocycles. The highest BCUT2D eigenvalue weighted by Crippen LogP contribution is 2.34. The van der Waals surface area contributed by atoms with Crippen LogP contribution < -0.4 is 20.9 Å². The molecule has 0 radical (unpaired) electrons. The topological polar surface area (TPSA) is 70.5 Å². The van der Waals surface area contributed by atoms with Gasteiger partial charge in [0.25, 0.3) is 0 Å². The van der Waals surface area contributed by atoms with Gasteiger partial charge in [0.05, 0.1) is 0 Å². The molecule has 0 bridgehead atoms. The normalized spacial score (nSPS) is 10.8. The largest absolute Gasteiger partial charge is 0.457 e. The molecular formula is C28H30N2O2. The van der Waals surface area contributed by atoms with Crippen LogP contribution in [-0.4, -0.2) is 0 Å². The second-order valence-electron chi connectivity index (χ2n) is 8.02. The summed E-state index contributed by atoms with van der Waals surface area (Å²) < 4.78 is 11.8. The SMILES string of the molecule is C.CC(C)(c1ccc(Oc2ccc(N)cc2)cc1)c1ccc(Oc2ccc(N)cc2)cc1. The second kappa shape index (κ2) is 9.48. The van der Waals surface area contributed by atoms with Crippen LogP contribution in [0.3, 0.4) is 0 Å². The van der Waals surface area contributed by atoms with Crippen molar-refractivity contribution in [2.24, 2.45) is 0 Å². The van der Waals surface area contributed by atoms with Gasteiger partial charge in [-0.25, -0.2) is 0 Å². The Morgan fingerprint density at radius 1 is 0.469 bits per heavy atom. The number of nitrogens with two attached hydrogens (primary N) is 2. The van der Waals surface area contributed by atoms with Gasteiger partial charge in [-0.05, 0) is 83.9 Å². The van der Waals surface area contributed by atoms with Gasteiger partial charge in [-0.1, -0.05) is 45.5 Å². The van der Waals surface area contributed by atoms with Crippen LogP contribution in [0.5, 0.6) is 23.0 Å². The molecule has 0 saturated carbocycles. The number of hydrogen-bond donors (Lipinski definition) is 2. The molecule has 32 heavy (non-hydrogen) atoms. The van der Waals surface area contributed by atoms with Crippen LogP contribution in [0.4, 0.5) is 11.4 Å². The first-order chi connectivity index (χ1) is 14.9. The van der Waals surface area contributed by atoms with E-state index in [0.29, 0.717) is 11.4 Å². The molecular weight excluding hydrogens is 396 g/mol. The van der Waals surface area contributed by atoms with Crippen molar-refractivity contribution in [3.8, 4) is 23.0 Å². The standard InChI is InChI=1S/C27H26N2O2.CH4/c1-27(2,19-3-11-23(12-4-19)30-25-15-7-21(28)8-16-25)20-5-13-24(14-6-20)31-26-17-9-22(29)10-18-26;/h3-18H,28-29H2,1-2H3;1H4. The summed E-state index contributed by atoms with van der Waals surface area (Å²) in [5.74, 6) is 3.10. The summed E-state index contributed by atoms with van der Waals surface area (Å²) in [5, 5.41) is 0. The van der Waals surface area contributed by atoms with Gasteiger partial charge in [0.2, 0.25) is 0 Å². The molecule has 0 aliphatic heterocycles. The van der Waals surface area contributed by atoms with Crippen LogP contribution >= 0.6 is 0 Å². The van der Waals surface area contributed by atoms with Gasteiger partial charge >= 0.3 is 0 Å². The third kappa shape index (κ3) is 5.22. The molecule has 0 amide bonds. The fourth-order valence-electron chi connectivity index (χ4n) is 3.39. The minimum atomic E-state index is -0.167. The van der Waals surface area contributed by atoms with Crippen LogP contribution in [0, 0.1) is 0 Å². The van der Waals surface area contributed by atoms with Crippen molar-refractivity contribution in [1.82, 2.24) is 0 Å². The molecule has 0 saturated heterocycles. The summed E-state index contributed by atoms with van der Waals surface area (Å²) in [6.07, 6.45) is 0. The number of benzene rings is 4. The van der Waals surface area contributed by atoms with Gasteiger partial charge in [-0.15, -0.1) is 0 Å². The van der Waals surface area contributed by atoms with Crippen LogP contribution in [0.1, 0.15) is 32.4 Å². The molecule has 0 spiro atoms. The van der Waals surface area contributed by atoms with Crippen LogP contribution in [0.25, 0.3) is 0 Å². The fourth-order valence-corrected chi connectivity index (χ4v) is 3.39. The number of nitrogen functional groups attached to an aromatic ring is 2. The van der Waals surface area contributed by atoms with Crippen molar-refractivity contribution in [1.29, 1.82) is 0 Å². The average molecular weight is 427 g/mol. The van der Waals surface area contributed by atoms with Gasteiger partial charge < -0.3 is 20.9 Å². The maximum atomic E-state index is 5.91. The quantitative estimate of drug-likeness (QED) is 0.315. The Labute approximate surface area is 190 Å². The van der Waals surface area contributed by atoms with Crippen molar-refractivity contribution >= 4 is 11.4 Å². The lowest BCUT2D eigenvalue weighted by Gasteiger charge is -2.26. The third-order valence-corrected chi connectivity index (χ3v) is 5.38. The van der Waals surface area contributed by atoms with Crippen molar-refractivity contribution in [3.63, 3.8) is 0 Å². The Kier molecular flexibility index (Phi) is 6.74. The van der Waals surface area contributed by atoms with Crippen LogP contribution in [0.15, 0.2) is 97.1 Å². The lowest BCUT2D eigenvalue weighted by atomic mass is 9.78. The van der Waals surface area contributed by atoms with Gasteiger partial charge in [0.1, 0.15) is 23.0 Å². The van der Waals surface area contributed by atoms with E-state index in [1.54, 1.807) is 0 Å². The predicted octanol–water partition coefficient (Wildman–Crippen LogP) is 7.40. The minimum absolute atomic E-state index is 0. The summed E-state index contributed by atoms with van der Waals surface area (Å²) in [7, 11) is 0. The Morgan fingerprint density at radius 2 is 0.719 bits per heavy atom. The second-order valence-corrected chi connectivity index (χ2v) is 8.02. The monoisotopic (exact) mass is 426 g/mol.